The van der Waals surface area contributed by atoms with E-state index < -0.39 is 5.82 Å². The Morgan fingerprint density at radius 2 is 1.94 bits per heavy atom. The lowest BCUT2D eigenvalue weighted by Gasteiger charge is -2.11. The molecule has 6 heteroatoms. The van der Waals surface area contributed by atoms with Gasteiger partial charge in [-0.05, 0) is 28.1 Å². The molecule has 0 atom stereocenters. The van der Waals surface area contributed by atoms with Crippen LogP contribution in [0.25, 0.3) is 11.5 Å². The Bertz CT molecular complexity index is 589. The van der Waals surface area contributed by atoms with E-state index in [-0.39, 0.29) is 11.3 Å². The minimum atomic E-state index is -0.422. The number of nitrogens with two attached hydrogens (primary N) is 1. The number of nitrogens with zero attached hydrogens (tertiary/aromatic N) is 2. The molecule has 0 aliphatic heterocycles. The van der Waals surface area contributed by atoms with E-state index in [0.717, 1.165) is 0 Å². The van der Waals surface area contributed by atoms with E-state index in [0.29, 0.717) is 21.6 Å². The third-order valence-corrected chi connectivity index (χ3v) is 3.00. The Kier molecular flexibility index (Phi) is 3.14. The number of benzene rings is 1. The van der Waals surface area contributed by atoms with Crippen molar-refractivity contribution in [2.75, 3.05) is 5.73 Å². The van der Waals surface area contributed by atoms with Gasteiger partial charge in [0.1, 0.15) is 5.82 Å². The molecule has 2 rings (SSSR count). The molecule has 1 aromatic heterocycles. The van der Waals surface area contributed by atoms with Gasteiger partial charge in [0, 0.05) is 11.1 Å². The van der Waals surface area contributed by atoms with Gasteiger partial charge in [-0.2, -0.15) is 0 Å². The first kappa shape index (κ1) is 13.0. The van der Waals surface area contributed by atoms with Crippen molar-refractivity contribution in [3.63, 3.8) is 0 Å². The van der Waals surface area contributed by atoms with Crippen LogP contribution in [-0.4, -0.2) is 10.2 Å². The minimum absolute atomic E-state index is 0.226. The first-order chi connectivity index (χ1) is 8.29. The Morgan fingerprint density at radius 3 is 2.50 bits per heavy atom. The van der Waals surface area contributed by atoms with Gasteiger partial charge in [0.2, 0.25) is 11.8 Å². The first-order valence-electron chi connectivity index (χ1n) is 5.38. The van der Waals surface area contributed by atoms with E-state index in [9.17, 15) is 4.39 Å². The lowest BCUT2D eigenvalue weighted by atomic mass is 9.97. The highest BCUT2D eigenvalue weighted by atomic mass is 79.9. The summed E-state index contributed by atoms with van der Waals surface area (Å²) in [4.78, 5) is 0. The standard InChI is InChI=1S/C12H13BrFN3O/c1-12(2,3)11-17-16-10(18-11)6-4-8(14)7(13)5-9(6)15/h4-5H,15H2,1-3H3. The van der Waals surface area contributed by atoms with Crippen molar-refractivity contribution in [1.29, 1.82) is 0 Å². The number of rotatable bonds is 1. The van der Waals surface area contributed by atoms with E-state index in [2.05, 4.69) is 26.1 Å². The highest BCUT2D eigenvalue weighted by molar-refractivity contribution is 9.10. The zero-order valence-electron chi connectivity index (χ0n) is 10.3. The van der Waals surface area contributed by atoms with E-state index in [4.69, 9.17) is 10.2 Å². The van der Waals surface area contributed by atoms with Crippen LogP contribution < -0.4 is 5.73 Å². The largest absolute Gasteiger partial charge is 0.420 e. The second-order valence-electron chi connectivity index (χ2n) is 5.02. The summed E-state index contributed by atoms with van der Waals surface area (Å²) in [6.07, 6.45) is 0. The van der Waals surface area contributed by atoms with Gasteiger partial charge in [-0.3, -0.25) is 0 Å². The minimum Gasteiger partial charge on any atom is -0.420 e. The Morgan fingerprint density at radius 1 is 1.28 bits per heavy atom. The van der Waals surface area contributed by atoms with Crippen molar-refractivity contribution in [2.45, 2.75) is 26.2 Å². The van der Waals surface area contributed by atoms with Crippen LogP contribution in [0.15, 0.2) is 21.0 Å². The van der Waals surface area contributed by atoms with E-state index in [1.54, 1.807) is 0 Å². The van der Waals surface area contributed by atoms with E-state index >= 15 is 0 Å². The average molecular weight is 314 g/mol. The lowest BCUT2D eigenvalue weighted by molar-refractivity contribution is 0.399. The summed E-state index contributed by atoms with van der Waals surface area (Å²) >= 11 is 3.07. The number of hydrogen-bond acceptors (Lipinski definition) is 4. The van der Waals surface area contributed by atoms with Crippen LogP contribution in [0.2, 0.25) is 0 Å². The SMILES string of the molecule is CC(C)(C)c1nnc(-c2cc(F)c(Br)cc2N)o1. The fourth-order valence-corrected chi connectivity index (χ4v) is 1.74. The van der Waals surface area contributed by atoms with Gasteiger partial charge in [-0.25, -0.2) is 4.39 Å². The molecule has 0 aliphatic rings. The van der Waals surface area contributed by atoms with Crippen LogP contribution in [0.4, 0.5) is 10.1 Å². The summed E-state index contributed by atoms with van der Waals surface area (Å²) in [5.41, 5.74) is 6.34. The molecule has 0 fully saturated rings. The first-order valence-corrected chi connectivity index (χ1v) is 6.17. The van der Waals surface area contributed by atoms with Crippen LogP contribution in [0.3, 0.4) is 0 Å². The third kappa shape index (κ3) is 2.38. The van der Waals surface area contributed by atoms with Gasteiger partial charge in [0.25, 0.3) is 0 Å². The summed E-state index contributed by atoms with van der Waals surface area (Å²) < 4.78 is 19.3. The van der Waals surface area contributed by atoms with E-state index in [1.165, 1.54) is 12.1 Å². The molecule has 96 valence electrons. The van der Waals surface area contributed by atoms with Gasteiger partial charge in [-0.15, -0.1) is 10.2 Å². The lowest BCUT2D eigenvalue weighted by Crippen LogP contribution is -2.11. The van der Waals surface area contributed by atoms with Crippen LogP contribution in [-0.2, 0) is 5.41 Å². The molecule has 0 spiro atoms. The normalized spacial score (nSPS) is 11.8. The Labute approximate surface area is 113 Å². The monoisotopic (exact) mass is 313 g/mol. The van der Waals surface area contributed by atoms with Gasteiger partial charge in [-0.1, -0.05) is 20.8 Å². The zero-order valence-corrected chi connectivity index (χ0v) is 11.9. The van der Waals surface area contributed by atoms with Crippen LogP contribution >= 0.6 is 15.9 Å². The summed E-state index contributed by atoms with van der Waals surface area (Å²) in [7, 11) is 0. The van der Waals surface area contributed by atoms with Crippen LogP contribution in [0, 0.1) is 5.82 Å². The molecule has 1 aromatic carbocycles. The molecule has 0 radical (unpaired) electrons. The maximum Gasteiger partial charge on any atom is 0.249 e. The van der Waals surface area contributed by atoms with Gasteiger partial charge >= 0.3 is 0 Å². The van der Waals surface area contributed by atoms with Crippen LogP contribution in [0.1, 0.15) is 26.7 Å². The van der Waals surface area contributed by atoms with Crippen molar-refractivity contribution in [3.8, 4) is 11.5 Å². The molecule has 0 bridgehead atoms. The summed E-state index contributed by atoms with van der Waals surface area (Å²) in [5.74, 6) is 0.291. The van der Waals surface area contributed by atoms with Crippen molar-refractivity contribution in [2.24, 2.45) is 0 Å². The number of anilines is 1. The Balaban J connectivity index is 2.50. The smallest absolute Gasteiger partial charge is 0.249 e. The molecule has 0 unspecified atom stereocenters. The summed E-state index contributed by atoms with van der Waals surface area (Å²) in [5, 5.41) is 7.86. The number of aromatic nitrogens is 2. The Hall–Kier alpha value is -1.43. The van der Waals surface area contributed by atoms with E-state index in [1.807, 2.05) is 20.8 Å². The maximum absolute atomic E-state index is 13.5. The van der Waals surface area contributed by atoms with Gasteiger partial charge < -0.3 is 10.2 Å². The molecule has 0 amide bonds. The van der Waals surface area contributed by atoms with Crippen molar-refractivity contribution >= 4 is 21.6 Å². The molecule has 0 aliphatic carbocycles. The molecule has 1 heterocycles. The molecule has 4 nitrogen and oxygen atoms in total. The second-order valence-corrected chi connectivity index (χ2v) is 5.87. The highest BCUT2D eigenvalue weighted by Crippen LogP contribution is 2.31. The van der Waals surface area contributed by atoms with Crippen molar-refractivity contribution in [3.05, 3.63) is 28.3 Å². The highest BCUT2D eigenvalue weighted by Gasteiger charge is 2.23. The number of halogens is 2. The summed E-state index contributed by atoms with van der Waals surface area (Å²) in [6.45, 7) is 5.86. The third-order valence-electron chi connectivity index (χ3n) is 2.39. The fourth-order valence-electron chi connectivity index (χ4n) is 1.38. The van der Waals surface area contributed by atoms with Crippen LogP contribution in [0.5, 0.6) is 0 Å². The molecule has 0 saturated carbocycles. The predicted molar refractivity (Wildman–Crippen MR) is 70.5 cm³/mol. The predicted octanol–water partition coefficient (Wildman–Crippen LogP) is 3.52. The molecule has 2 N–H and O–H groups in total. The average Bonchev–Trinajstić information content (AvgIpc) is 2.72. The number of hydrogen-bond donors (Lipinski definition) is 1. The number of nitrogen functional groups attached to an aromatic ring is 1. The van der Waals surface area contributed by atoms with Gasteiger partial charge in [0.15, 0.2) is 0 Å². The molecule has 18 heavy (non-hydrogen) atoms. The zero-order chi connectivity index (χ0) is 13.5. The second kappa shape index (κ2) is 4.35. The summed E-state index contributed by atoms with van der Waals surface area (Å²) in [6, 6.07) is 2.75. The molecular formula is C12H13BrFN3O. The maximum atomic E-state index is 13.5. The van der Waals surface area contributed by atoms with Gasteiger partial charge in [0.05, 0.1) is 10.0 Å². The van der Waals surface area contributed by atoms with Crippen molar-refractivity contribution < 1.29 is 8.81 Å². The fraction of sp³-hybridized carbons (Fsp3) is 0.333. The molecule has 0 saturated heterocycles. The molecular weight excluding hydrogens is 301 g/mol. The quantitative estimate of drug-likeness (QED) is 0.818. The molecule has 2 aromatic rings. The topological polar surface area (TPSA) is 64.9 Å². The van der Waals surface area contributed by atoms with Crippen molar-refractivity contribution in [1.82, 2.24) is 10.2 Å².